The Labute approximate surface area is 194 Å². The smallest absolute Gasteiger partial charge is 0.151 e. The van der Waals surface area contributed by atoms with Crippen LogP contribution in [0.5, 0.6) is 5.75 Å². The van der Waals surface area contributed by atoms with Gasteiger partial charge in [-0.2, -0.15) is 5.26 Å². The van der Waals surface area contributed by atoms with Gasteiger partial charge < -0.3 is 19.1 Å². The number of aliphatic hydroxyl groups is 1. The predicted octanol–water partition coefficient (Wildman–Crippen LogP) is 4.54. The molecule has 2 fully saturated rings. The number of hydrogen-bond acceptors (Lipinski definition) is 5. The fourth-order valence-corrected chi connectivity index (χ4v) is 5.60. The van der Waals surface area contributed by atoms with Crippen molar-refractivity contribution >= 4 is 5.70 Å². The van der Waals surface area contributed by atoms with Crippen LogP contribution in [0.3, 0.4) is 0 Å². The molecule has 2 unspecified atom stereocenters. The zero-order valence-corrected chi connectivity index (χ0v) is 18.9. The Morgan fingerprint density at radius 2 is 2.15 bits per heavy atom. The molecule has 3 heterocycles. The molecule has 2 aliphatic heterocycles. The maximum absolute atomic E-state index is 11.1. The van der Waals surface area contributed by atoms with Gasteiger partial charge in [0.1, 0.15) is 23.8 Å². The summed E-state index contributed by atoms with van der Waals surface area (Å²) < 4.78 is 14.8. The molecule has 33 heavy (non-hydrogen) atoms. The zero-order chi connectivity index (χ0) is 22.6. The molecule has 1 aromatic heterocycles. The van der Waals surface area contributed by atoms with E-state index in [0.29, 0.717) is 29.8 Å². The molecule has 4 aliphatic rings. The van der Waals surface area contributed by atoms with Gasteiger partial charge in [-0.1, -0.05) is 19.1 Å². The molecular weight excluding hydrogens is 414 g/mol. The maximum atomic E-state index is 11.1. The van der Waals surface area contributed by atoms with Gasteiger partial charge in [0, 0.05) is 38.0 Å². The summed E-state index contributed by atoms with van der Waals surface area (Å²) >= 11 is 0. The number of allylic oxidation sites excluding steroid dienone is 4. The molecule has 2 aliphatic carbocycles. The third kappa shape index (κ3) is 3.30. The van der Waals surface area contributed by atoms with Crippen LogP contribution in [0, 0.1) is 23.2 Å². The standard InChI is InChI=1S/C27H29N3O3/c1-2-14-32-23-8-6-19(15-20(23)17-28)26(31)29-12-9-27(10-13-29)24-4-3-11-30(24)22-7-5-18-16-21(18)25(22)33-27/h3-8,11,15,18,21,26,31H,2,9-10,12-14,16H2,1H3/t18-,21?,26?/m0/s1. The van der Waals surface area contributed by atoms with E-state index in [0.717, 1.165) is 43.7 Å². The summed E-state index contributed by atoms with van der Waals surface area (Å²) in [4.78, 5) is 2.08. The van der Waals surface area contributed by atoms with Crippen molar-refractivity contribution < 1.29 is 14.6 Å². The van der Waals surface area contributed by atoms with Crippen molar-refractivity contribution in [1.29, 1.82) is 5.26 Å². The van der Waals surface area contributed by atoms with Crippen molar-refractivity contribution in [2.24, 2.45) is 11.8 Å². The minimum Gasteiger partial charge on any atom is -0.492 e. The molecule has 6 nitrogen and oxygen atoms in total. The van der Waals surface area contributed by atoms with Crippen molar-refractivity contribution in [1.82, 2.24) is 9.47 Å². The van der Waals surface area contributed by atoms with E-state index in [9.17, 15) is 10.4 Å². The monoisotopic (exact) mass is 443 g/mol. The van der Waals surface area contributed by atoms with Gasteiger partial charge in [-0.15, -0.1) is 0 Å². The average Bonchev–Trinajstić information content (AvgIpc) is 3.48. The lowest BCUT2D eigenvalue weighted by Gasteiger charge is -2.47. The average molecular weight is 444 g/mol. The van der Waals surface area contributed by atoms with E-state index in [1.165, 1.54) is 17.8 Å². The maximum Gasteiger partial charge on any atom is 0.151 e. The molecule has 1 N–H and O–H groups in total. The number of nitriles is 1. The second kappa shape index (κ2) is 7.79. The van der Waals surface area contributed by atoms with Gasteiger partial charge in [-0.3, -0.25) is 4.90 Å². The molecule has 6 rings (SSSR count). The molecule has 0 amide bonds. The number of ether oxygens (including phenoxy) is 2. The molecule has 6 heteroatoms. The zero-order valence-electron chi connectivity index (χ0n) is 18.9. The largest absolute Gasteiger partial charge is 0.492 e. The molecule has 3 atom stereocenters. The molecule has 1 saturated heterocycles. The van der Waals surface area contributed by atoms with Crippen LogP contribution in [0.1, 0.15) is 55.7 Å². The van der Waals surface area contributed by atoms with Gasteiger partial charge in [0.2, 0.25) is 0 Å². The quantitative estimate of drug-likeness (QED) is 0.735. The number of benzene rings is 1. The van der Waals surface area contributed by atoms with Crippen LogP contribution in [0.4, 0.5) is 0 Å². The van der Waals surface area contributed by atoms with Crippen LogP contribution in [0.25, 0.3) is 5.70 Å². The number of piperidine rings is 1. The summed E-state index contributed by atoms with van der Waals surface area (Å²) in [7, 11) is 0. The van der Waals surface area contributed by atoms with E-state index in [1.807, 2.05) is 13.0 Å². The Bertz CT molecular complexity index is 1180. The molecule has 0 radical (unpaired) electrons. The van der Waals surface area contributed by atoms with Crippen LogP contribution < -0.4 is 4.74 Å². The van der Waals surface area contributed by atoms with Crippen LogP contribution in [-0.2, 0) is 10.3 Å². The van der Waals surface area contributed by atoms with Crippen LogP contribution >= 0.6 is 0 Å². The third-order valence-corrected chi connectivity index (χ3v) is 7.55. The van der Waals surface area contributed by atoms with E-state index in [1.54, 1.807) is 12.1 Å². The molecule has 1 saturated carbocycles. The molecule has 1 spiro atoms. The van der Waals surface area contributed by atoms with Crippen molar-refractivity contribution in [3.63, 3.8) is 0 Å². The fraction of sp³-hybridized carbons (Fsp3) is 0.444. The first kappa shape index (κ1) is 20.6. The second-order valence-corrected chi connectivity index (χ2v) is 9.60. The van der Waals surface area contributed by atoms with E-state index in [4.69, 9.17) is 9.47 Å². The summed E-state index contributed by atoms with van der Waals surface area (Å²) in [5, 5.41) is 20.7. The number of rotatable bonds is 5. The summed E-state index contributed by atoms with van der Waals surface area (Å²) in [6, 6.07) is 11.9. The van der Waals surface area contributed by atoms with Crippen molar-refractivity contribution in [3.8, 4) is 11.8 Å². The molecular formula is C27H29N3O3. The van der Waals surface area contributed by atoms with Gasteiger partial charge in [-0.05, 0) is 54.7 Å². The second-order valence-electron chi connectivity index (χ2n) is 9.60. The van der Waals surface area contributed by atoms with Gasteiger partial charge >= 0.3 is 0 Å². The third-order valence-electron chi connectivity index (χ3n) is 7.55. The number of aromatic nitrogens is 1. The Hall–Kier alpha value is -3.01. The highest BCUT2D eigenvalue weighted by Crippen LogP contribution is 2.56. The van der Waals surface area contributed by atoms with Gasteiger partial charge in [0.25, 0.3) is 0 Å². The van der Waals surface area contributed by atoms with Gasteiger partial charge in [0.05, 0.1) is 23.6 Å². The van der Waals surface area contributed by atoms with Crippen LogP contribution in [0.15, 0.2) is 54.4 Å². The Balaban J connectivity index is 1.21. The minimum absolute atomic E-state index is 0.341. The SMILES string of the molecule is CCCOc1ccc(C(O)N2CCC3(CC2)OC2=C(C=C[C@H]4CC24)n2cccc23)cc1C#N. The fourth-order valence-electron chi connectivity index (χ4n) is 5.60. The van der Waals surface area contributed by atoms with Gasteiger partial charge in [0.15, 0.2) is 5.60 Å². The van der Waals surface area contributed by atoms with Crippen LogP contribution in [0.2, 0.25) is 0 Å². The van der Waals surface area contributed by atoms with E-state index < -0.39 is 6.23 Å². The van der Waals surface area contributed by atoms with E-state index in [2.05, 4.69) is 46.0 Å². The Morgan fingerprint density at radius 3 is 2.94 bits per heavy atom. The number of nitrogens with zero attached hydrogens (tertiary/aromatic N) is 3. The molecule has 0 bridgehead atoms. The number of fused-ring (bicyclic) bond motifs is 5. The van der Waals surface area contributed by atoms with Gasteiger partial charge in [-0.25, -0.2) is 0 Å². The lowest BCUT2D eigenvalue weighted by molar-refractivity contribution is -0.101. The van der Waals surface area contributed by atoms with Crippen molar-refractivity contribution in [2.75, 3.05) is 19.7 Å². The lowest BCUT2D eigenvalue weighted by Crippen LogP contribution is -2.47. The molecule has 2 aromatic rings. The Morgan fingerprint density at radius 1 is 1.30 bits per heavy atom. The number of aliphatic hydroxyl groups excluding tert-OH is 1. The molecule has 1 aromatic carbocycles. The first-order chi connectivity index (χ1) is 16.1. The number of hydrogen-bond donors (Lipinski definition) is 1. The van der Waals surface area contributed by atoms with Crippen molar-refractivity contribution in [2.45, 2.75) is 44.4 Å². The van der Waals surface area contributed by atoms with Crippen LogP contribution in [-0.4, -0.2) is 34.3 Å². The predicted molar refractivity (Wildman–Crippen MR) is 124 cm³/mol. The highest BCUT2D eigenvalue weighted by molar-refractivity contribution is 5.66. The summed E-state index contributed by atoms with van der Waals surface area (Å²) in [5.41, 5.74) is 3.25. The first-order valence-corrected chi connectivity index (χ1v) is 12.0. The summed E-state index contributed by atoms with van der Waals surface area (Å²) in [5.74, 6) is 2.90. The lowest BCUT2D eigenvalue weighted by atomic mass is 9.85. The highest BCUT2D eigenvalue weighted by Gasteiger charge is 2.51. The number of likely N-dealkylation sites (tertiary alicyclic amines) is 1. The summed E-state index contributed by atoms with van der Waals surface area (Å²) in [6.07, 6.45) is 9.63. The molecule has 170 valence electrons. The Kier molecular flexibility index (Phi) is 4.86. The van der Waals surface area contributed by atoms with E-state index >= 15 is 0 Å². The highest BCUT2D eigenvalue weighted by atomic mass is 16.5. The van der Waals surface area contributed by atoms with E-state index in [-0.39, 0.29) is 5.60 Å². The summed E-state index contributed by atoms with van der Waals surface area (Å²) in [6.45, 7) is 4.04. The normalized spacial score (nSPS) is 25.5. The first-order valence-electron chi connectivity index (χ1n) is 12.0. The topological polar surface area (TPSA) is 70.7 Å². The minimum atomic E-state index is -0.759. The van der Waals surface area contributed by atoms with Crippen molar-refractivity contribution in [3.05, 3.63) is 71.3 Å².